The summed E-state index contributed by atoms with van der Waals surface area (Å²) < 4.78 is 5.25. The molecule has 0 saturated heterocycles. The minimum Gasteiger partial charge on any atom is -0.508 e. The summed E-state index contributed by atoms with van der Waals surface area (Å²) in [5, 5.41) is 29.6. The first-order valence-corrected chi connectivity index (χ1v) is 5.49. The van der Waals surface area contributed by atoms with Crippen molar-refractivity contribution in [3.8, 4) is 17.6 Å². The molecule has 2 rings (SSSR count). The molecule has 0 bridgehead atoms. The van der Waals surface area contributed by atoms with Crippen LogP contribution in [0.1, 0.15) is 18.4 Å². The topological polar surface area (TPSA) is 122 Å². The molecule has 1 aliphatic rings. The first-order chi connectivity index (χ1) is 8.95. The first-order valence-electron chi connectivity index (χ1n) is 5.49. The zero-order chi connectivity index (χ0) is 14.2. The van der Waals surface area contributed by atoms with E-state index >= 15 is 0 Å². The monoisotopic (exact) mass is 261 g/mol. The van der Waals surface area contributed by atoms with Crippen LogP contribution in [0.5, 0.6) is 11.5 Å². The van der Waals surface area contributed by atoms with Gasteiger partial charge in [0, 0.05) is 17.4 Å². The summed E-state index contributed by atoms with van der Waals surface area (Å²) in [7, 11) is 0. The Kier molecular flexibility index (Phi) is 3.00. The lowest BCUT2D eigenvalue weighted by atomic mass is 9.84. The average Bonchev–Trinajstić information content (AvgIpc) is 2.36. The summed E-state index contributed by atoms with van der Waals surface area (Å²) in [6, 6.07) is 4.99. The molecule has 0 spiro atoms. The van der Waals surface area contributed by atoms with E-state index in [2.05, 4.69) is 0 Å². The molecular formula is C12H11N3O4. The van der Waals surface area contributed by atoms with Gasteiger partial charge in [0.1, 0.15) is 23.1 Å². The third-order valence-corrected chi connectivity index (χ3v) is 3.06. The Morgan fingerprint density at radius 1 is 1.63 bits per heavy atom. The van der Waals surface area contributed by atoms with Crippen LogP contribution in [0.4, 0.5) is 0 Å². The standard InChI is InChI=1S/C12H11N3O4/c1-6(15(17)18)11-8-4-7(16)2-3-10(8)19-12(14)9(11)5-13/h2-4,6,11,16H,14H2,1H3. The van der Waals surface area contributed by atoms with Crippen LogP contribution >= 0.6 is 0 Å². The minimum absolute atomic E-state index is 0.00213. The molecule has 1 aromatic rings. The number of rotatable bonds is 2. The Balaban J connectivity index is 2.63. The van der Waals surface area contributed by atoms with Gasteiger partial charge < -0.3 is 15.6 Å². The highest BCUT2D eigenvalue weighted by Gasteiger charge is 2.39. The molecule has 0 aromatic heterocycles. The largest absolute Gasteiger partial charge is 0.508 e. The van der Waals surface area contributed by atoms with Gasteiger partial charge >= 0.3 is 0 Å². The van der Waals surface area contributed by atoms with E-state index in [1.807, 2.05) is 6.07 Å². The molecule has 1 aliphatic heterocycles. The predicted octanol–water partition coefficient (Wildman–Crippen LogP) is 1.23. The molecule has 0 aliphatic carbocycles. The number of phenols is 1. The van der Waals surface area contributed by atoms with Crippen LogP contribution in [0, 0.1) is 21.4 Å². The lowest BCUT2D eigenvalue weighted by Gasteiger charge is -2.26. The highest BCUT2D eigenvalue weighted by atomic mass is 16.6. The van der Waals surface area contributed by atoms with Crippen LogP contribution < -0.4 is 10.5 Å². The summed E-state index contributed by atoms with van der Waals surface area (Å²) in [5.41, 5.74) is 6.01. The van der Waals surface area contributed by atoms with E-state index in [1.165, 1.54) is 25.1 Å². The van der Waals surface area contributed by atoms with Gasteiger partial charge in [-0.2, -0.15) is 5.26 Å². The molecule has 7 heteroatoms. The molecule has 98 valence electrons. The fourth-order valence-electron chi connectivity index (χ4n) is 2.10. The Hall–Kier alpha value is -2.75. The number of phenolic OH excluding ortho intramolecular Hbond substituents is 1. The van der Waals surface area contributed by atoms with Crippen LogP contribution in [0.3, 0.4) is 0 Å². The van der Waals surface area contributed by atoms with Crippen molar-refractivity contribution in [2.45, 2.75) is 18.9 Å². The maximum Gasteiger partial charge on any atom is 0.222 e. The van der Waals surface area contributed by atoms with Gasteiger partial charge in [0.15, 0.2) is 0 Å². The number of nitrogens with two attached hydrogens (primary N) is 1. The van der Waals surface area contributed by atoms with E-state index in [-0.39, 0.29) is 17.2 Å². The van der Waals surface area contributed by atoms with Crippen LogP contribution in [-0.4, -0.2) is 16.1 Å². The normalized spacial score (nSPS) is 19.1. The van der Waals surface area contributed by atoms with Crippen LogP contribution in [0.2, 0.25) is 0 Å². The quantitative estimate of drug-likeness (QED) is 0.609. The number of aromatic hydroxyl groups is 1. The van der Waals surface area contributed by atoms with Crippen LogP contribution in [0.15, 0.2) is 29.7 Å². The Labute approximate surface area is 108 Å². The van der Waals surface area contributed by atoms with Crippen molar-refractivity contribution < 1.29 is 14.8 Å². The van der Waals surface area contributed by atoms with E-state index in [9.17, 15) is 15.2 Å². The smallest absolute Gasteiger partial charge is 0.222 e. The molecule has 0 amide bonds. The second-order valence-corrected chi connectivity index (χ2v) is 4.22. The fraction of sp³-hybridized carbons (Fsp3) is 0.250. The fourth-order valence-corrected chi connectivity index (χ4v) is 2.10. The SMILES string of the molecule is CC(C1C(C#N)=C(N)Oc2ccc(O)cc21)[N+](=O)[O-]. The van der Waals surface area contributed by atoms with Crippen molar-refractivity contribution in [3.05, 3.63) is 45.3 Å². The van der Waals surface area contributed by atoms with Gasteiger partial charge in [-0.1, -0.05) is 0 Å². The lowest BCUT2D eigenvalue weighted by molar-refractivity contribution is -0.520. The summed E-state index contributed by atoms with van der Waals surface area (Å²) in [6.45, 7) is 1.38. The molecule has 2 atom stereocenters. The highest BCUT2D eigenvalue weighted by molar-refractivity contribution is 5.52. The van der Waals surface area contributed by atoms with Gasteiger partial charge in [-0.15, -0.1) is 0 Å². The Morgan fingerprint density at radius 2 is 2.32 bits per heavy atom. The number of nitro groups is 1. The minimum atomic E-state index is -1.06. The zero-order valence-electron chi connectivity index (χ0n) is 10.0. The number of nitrogens with zero attached hydrogens (tertiary/aromatic N) is 2. The molecule has 7 nitrogen and oxygen atoms in total. The molecule has 0 saturated carbocycles. The highest BCUT2D eigenvalue weighted by Crippen LogP contribution is 2.41. The molecular weight excluding hydrogens is 250 g/mol. The van der Waals surface area contributed by atoms with Crippen molar-refractivity contribution in [1.82, 2.24) is 0 Å². The van der Waals surface area contributed by atoms with E-state index in [0.717, 1.165) is 0 Å². The molecule has 0 radical (unpaired) electrons. The molecule has 3 N–H and O–H groups in total. The molecule has 2 unspecified atom stereocenters. The number of nitriles is 1. The maximum absolute atomic E-state index is 11.0. The third-order valence-electron chi connectivity index (χ3n) is 3.06. The summed E-state index contributed by atoms with van der Waals surface area (Å²) in [4.78, 5) is 10.5. The lowest BCUT2D eigenvalue weighted by Crippen LogP contribution is -2.31. The summed E-state index contributed by atoms with van der Waals surface area (Å²) in [6.07, 6.45) is 0. The van der Waals surface area contributed by atoms with Crippen molar-refractivity contribution >= 4 is 0 Å². The van der Waals surface area contributed by atoms with Gasteiger partial charge in [-0.25, -0.2) is 0 Å². The summed E-state index contributed by atoms with van der Waals surface area (Å²) in [5.74, 6) is -0.719. The van der Waals surface area contributed by atoms with Crippen LogP contribution in [-0.2, 0) is 0 Å². The van der Waals surface area contributed by atoms with Crippen molar-refractivity contribution in [2.75, 3.05) is 0 Å². The summed E-state index contributed by atoms with van der Waals surface area (Å²) >= 11 is 0. The van der Waals surface area contributed by atoms with Gasteiger partial charge in [0.2, 0.25) is 11.9 Å². The van der Waals surface area contributed by atoms with E-state index in [4.69, 9.17) is 15.7 Å². The number of fused-ring (bicyclic) bond motifs is 1. The number of benzene rings is 1. The van der Waals surface area contributed by atoms with Crippen molar-refractivity contribution in [1.29, 1.82) is 5.26 Å². The Bertz CT molecular complexity index is 618. The van der Waals surface area contributed by atoms with E-state index in [1.54, 1.807) is 0 Å². The van der Waals surface area contributed by atoms with Crippen molar-refractivity contribution in [3.63, 3.8) is 0 Å². The average molecular weight is 261 g/mol. The van der Waals surface area contributed by atoms with Gasteiger partial charge in [-0.05, 0) is 18.2 Å². The first kappa shape index (κ1) is 12.7. The van der Waals surface area contributed by atoms with Gasteiger partial charge in [0.25, 0.3) is 0 Å². The van der Waals surface area contributed by atoms with Gasteiger partial charge in [-0.3, -0.25) is 10.1 Å². The molecule has 0 fully saturated rings. The van der Waals surface area contributed by atoms with Crippen molar-refractivity contribution in [2.24, 2.45) is 5.73 Å². The van der Waals surface area contributed by atoms with E-state index in [0.29, 0.717) is 11.3 Å². The second-order valence-electron chi connectivity index (χ2n) is 4.22. The number of ether oxygens (including phenoxy) is 1. The molecule has 1 aromatic carbocycles. The third kappa shape index (κ3) is 2.04. The number of hydrogen-bond acceptors (Lipinski definition) is 6. The zero-order valence-corrected chi connectivity index (χ0v) is 10.0. The predicted molar refractivity (Wildman–Crippen MR) is 64.8 cm³/mol. The van der Waals surface area contributed by atoms with Crippen LogP contribution in [0.25, 0.3) is 0 Å². The second kappa shape index (κ2) is 4.49. The van der Waals surface area contributed by atoms with E-state index < -0.39 is 16.9 Å². The Morgan fingerprint density at radius 3 is 2.89 bits per heavy atom. The molecule has 19 heavy (non-hydrogen) atoms. The maximum atomic E-state index is 11.0. The van der Waals surface area contributed by atoms with Gasteiger partial charge in [0.05, 0.1) is 5.92 Å². The molecule has 1 heterocycles. The number of hydrogen-bond donors (Lipinski definition) is 2.